The van der Waals surface area contributed by atoms with E-state index in [4.69, 9.17) is 9.84 Å². The van der Waals surface area contributed by atoms with Crippen molar-refractivity contribution < 1.29 is 9.84 Å². The normalized spacial score (nSPS) is 10.5. The van der Waals surface area contributed by atoms with Crippen molar-refractivity contribution in [1.29, 1.82) is 5.26 Å². The van der Waals surface area contributed by atoms with Gasteiger partial charge in [-0.25, -0.2) is 0 Å². The standard InChI is InChI=1S/C21H20N2O2S/c22-12-19-20(18-4-2-1-3-5-18)15-26-21(19)25-14-17-8-6-16(7-9-17)13-23-10-11-24/h1-9,15,23-24H,10-11,13-14H2. The van der Waals surface area contributed by atoms with Gasteiger partial charge in [0.25, 0.3) is 0 Å². The molecule has 4 nitrogen and oxygen atoms in total. The Morgan fingerprint density at radius 3 is 2.46 bits per heavy atom. The van der Waals surface area contributed by atoms with Crippen molar-refractivity contribution in [2.45, 2.75) is 13.2 Å². The summed E-state index contributed by atoms with van der Waals surface area (Å²) in [6.45, 7) is 1.88. The van der Waals surface area contributed by atoms with Gasteiger partial charge in [0.2, 0.25) is 0 Å². The Balaban J connectivity index is 1.65. The largest absolute Gasteiger partial charge is 0.478 e. The zero-order valence-corrected chi connectivity index (χ0v) is 15.1. The third-order valence-electron chi connectivity index (χ3n) is 3.96. The smallest absolute Gasteiger partial charge is 0.192 e. The Labute approximate surface area is 157 Å². The number of ether oxygens (including phenoxy) is 1. The molecule has 0 radical (unpaired) electrons. The molecule has 0 aliphatic rings. The molecule has 0 bridgehead atoms. The summed E-state index contributed by atoms with van der Waals surface area (Å²) < 4.78 is 5.90. The highest BCUT2D eigenvalue weighted by Crippen LogP contribution is 2.37. The lowest BCUT2D eigenvalue weighted by atomic mass is 10.1. The lowest BCUT2D eigenvalue weighted by Crippen LogP contribution is -2.17. The van der Waals surface area contributed by atoms with E-state index in [0.29, 0.717) is 23.8 Å². The predicted molar refractivity (Wildman–Crippen MR) is 104 cm³/mol. The molecule has 0 amide bonds. The number of aliphatic hydroxyl groups is 1. The molecule has 1 heterocycles. The molecule has 0 saturated carbocycles. The number of aliphatic hydroxyl groups excluding tert-OH is 1. The first-order valence-corrected chi connectivity index (χ1v) is 9.29. The van der Waals surface area contributed by atoms with Gasteiger partial charge in [-0.15, -0.1) is 11.3 Å². The fourth-order valence-electron chi connectivity index (χ4n) is 2.60. The van der Waals surface area contributed by atoms with Crippen LogP contribution in [0.3, 0.4) is 0 Å². The van der Waals surface area contributed by atoms with Crippen molar-refractivity contribution in [3.63, 3.8) is 0 Å². The van der Waals surface area contributed by atoms with E-state index in [1.54, 1.807) is 0 Å². The summed E-state index contributed by atoms with van der Waals surface area (Å²) in [6.07, 6.45) is 0. The lowest BCUT2D eigenvalue weighted by molar-refractivity contribution is 0.292. The van der Waals surface area contributed by atoms with E-state index in [1.165, 1.54) is 11.3 Å². The van der Waals surface area contributed by atoms with Crippen molar-refractivity contribution in [3.05, 3.63) is 76.7 Å². The molecule has 1 aromatic heterocycles. The van der Waals surface area contributed by atoms with E-state index in [0.717, 1.165) is 28.8 Å². The highest BCUT2D eigenvalue weighted by Gasteiger charge is 2.14. The third kappa shape index (κ3) is 4.50. The van der Waals surface area contributed by atoms with Gasteiger partial charge in [-0.1, -0.05) is 54.6 Å². The molecule has 3 aromatic rings. The van der Waals surface area contributed by atoms with Crippen LogP contribution in [0.2, 0.25) is 0 Å². The second kappa shape index (κ2) is 9.16. The Kier molecular flexibility index (Phi) is 6.39. The van der Waals surface area contributed by atoms with Gasteiger partial charge in [0.05, 0.1) is 6.61 Å². The number of nitrogens with zero attached hydrogens (tertiary/aromatic N) is 1. The van der Waals surface area contributed by atoms with Gasteiger partial charge in [0, 0.05) is 24.0 Å². The van der Waals surface area contributed by atoms with E-state index in [-0.39, 0.29) is 6.61 Å². The van der Waals surface area contributed by atoms with Crippen LogP contribution in [-0.2, 0) is 13.2 Å². The fraction of sp³-hybridized carbons (Fsp3) is 0.190. The SMILES string of the molecule is N#Cc1c(-c2ccccc2)csc1OCc1ccc(CNCCO)cc1. The summed E-state index contributed by atoms with van der Waals surface area (Å²) in [5.74, 6) is 0. The molecular formula is C21H20N2O2S. The molecule has 0 spiro atoms. The number of hydrogen-bond donors (Lipinski definition) is 2. The molecular weight excluding hydrogens is 344 g/mol. The van der Waals surface area contributed by atoms with Gasteiger partial charge in [-0.05, 0) is 16.7 Å². The quantitative estimate of drug-likeness (QED) is 0.594. The second-order valence-corrected chi connectivity index (χ2v) is 6.64. The van der Waals surface area contributed by atoms with Gasteiger partial charge in [0.15, 0.2) is 5.06 Å². The minimum absolute atomic E-state index is 0.138. The minimum atomic E-state index is 0.138. The highest BCUT2D eigenvalue weighted by atomic mass is 32.1. The third-order valence-corrected chi connectivity index (χ3v) is 4.85. The first-order chi connectivity index (χ1) is 12.8. The molecule has 3 rings (SSSR count). The Hall–Kier alpha value is -2.65. The first kappa shape index (κ1) is 18.2. The van der Waals surface area contributed by atoms with Crippen LogP contribution in [-0.4, -0.2) is 18.3 Å². The maximum absolute atomic E-state index is 9.54. The van der Waals surface area contributed by atoms with Crippen molar-refractivity contribution >= 4 is 11.3 Å². The molecule has 2 N–H and O–H groups in total. The van der Waals surface area contributed by atoms with Crippen LogP contribution in [0, 0.1) is 11.3 Å². The zero-order chi connectivity index (χ0) is 18.2. The fourth-order valence-corrected chi connectivity index (χ4v) is 3.48. The monoisotopic (exact) mass is 364 g/mol. The van der Waals surface area contributed by atoms with Crippen molar-refractivity contribution in [2.24, 2.45) is 0 Å². The van der Waals surface area contributed by atoms with Crippen LogP contribution in [0.4, 0.5) is 0 Å². The average molecular weight is 364 g/mol. The summed E-state index contributed by atoms with van der Waals surface area (Å²) in [7, 11) is 0. The van der Waals surface area contributed by atoms with Crippen LogP contribution in [0.5, 0.6) is 5.06 Å². The molecule has 0 atom stereocenters. The first-order valence-electron chi connectivity index (χ1n) is 8.41. The molecule has 0 aliphatic carbocycles. The Morgan fingerprint density at radius 1 is 1.04 bits per heavy atom. The summed E-state index contributed by atoms with van der Waals surface area (Å²) in [5.41, 5.74) is 4.73. The number of nitrogens with one attached hydrogen (secondary N) is 1. The van der Waals surface area contributed by atoms with E-state index in [1.807, 2.05) is 60.0 Å². The molecule has 26 heavy (non-hydrogen) atoms. The number of nitriles is 1. The van der Waals surface area contributed by atoms with Crippen LogP contribution < -0.4 is 10.1 Å². The van der Waals surface area contributed by atoms with Crippen LogP contribution in [0.1, 0.15) is 16.7 Å². The summed E-state index contributed by atoms with van der Waals surface area (Å²) >= 11 is 1.45. The summed E-state index contributed by atoms with van der Waals surface area (Å²) in [5, 5.41) is 24.1. The van der Waals surface area contributed by atoms with Gasteiger partial charge in [-0.3, -0.25) is 0 Å². The van der Waals surface area contributed by atoms with Crippen molar-refractivity contribution in [1.82, 2.24) is 5.32 Å². The van der Waals surface area contributed by atoms with Crippen molar-refractivity contribution in [3.8, 4) is 22.3 Å². The van der Waals surface area contributed by atoms with Crippen LogP contribution >= 0.6 is 11.3 Å². The van der Waals surface area contributed by atoms with Gasteiger partial charge < -0.3 is 15.2 Å². The summed E-state index contributed by atoms with van der Waals surface area (Å²) in [6, 6.07) is 20.3. The number of hydrogen-bond acceptors (Lipinski definition) is 5. The van der Waals surface area contributed by atoms with Crippen LogP contribution in [0.15, 0.2) is 60.0 Å². The molecule has 0 aliphatic heterocycles. The topological polar surface area (TPSA) is 65.3 Å². The van der Waals surface area contributed by atoms with Crippen LogP contribution in [0.25, 0.3) is 11.1 Å². The number of benzene rings is 2. The molecule has 0 saturated heterocycles. The predicted octanol–water partition coefficient (Wildman–Crippen LogP) is 3.95. The minimum Gasteiger partial charge on any atom is -0.478 e. The maximum Gasteiger partial charge on any atom is 0.192 e. The molecule has 5 heteroatoms. The second-order valence-electron chi connectivity index (χ2n) is 5.80. The van der Waals surface area contributed by atoms with Gasteiger partial charge in [0.1, 0.15) is 18.2 Å². The van der Waals surface area contributed by atoms with E-state index >= 15 is 0 Å². The highest BCUT2D eigenvalue weighted by molar-refractivity contribution is 7.12. The zero-order valence-electron chi connectivity index (χ0n) is 14.3. The molecule has 2 aromatic carbocycles. The van der Waals surface area contributed by atoms with E-state index in [2.05, 4.69) is 11.4 Å². The average Bonchev–Trinajstić information content (AvgIpc) is 3.11. The van der Waals surface area contributed by atoms with E-state index in [9.17, 15) is 5.26 Å². The van der Waals surface area contributed by atoms with Crippen molar-refractivity contribution in [2.75, 3.05) is 13.2 Å². The summed E-state index contributed by atoms with van der Waals surface area (Å²) in [4.78, 5) is 0. The maximum atomic E-state index is 9.54. The van der Waals surface area contributed by atoms with E-state index < -0.39 is 0 Å². The Bertz CT molecular complexity index is 867. The van der Waals surface area contributed by atoms with Gasteiger partial charge in [-0.2, -0.15) is 5.26 Å². The number of rotatable bonds is 8. The number of thiophene rings is 1. The van der Waals surface area contributed by atoms with Gasteiger partial charge >= 0.3 is 0 Å². The molecule has 132 valence electrons. The molecule has 0 fully saturated rings. The Morgan fingerprint density at radius 2 is 1.77 bits per heavy atom. The molecule has 0 unspecified atom stereocenters. The lowest BCUT2D eigenvalue weighted by Gasteiger charge is -2.07.